The standard InChI is InChI=1S/C20H29N5O2/c1-14-12-24(13-16(14)19(26)27-4)20(21-3)22-10-7-11-25-15(2)23-17-8-5-6-9-18(17)25/h5-6,8-9,14,16H,7,10-13H2,1-4H3,(H,21,22). The number of carbonyl (C=O) groups excluding carboxylic acids is 1. The first-order chi connectivity index (χ1) is 13.0. The van der Waals surface area contributed by atoms with Crippen LogP contribution in [-0.2, 0) is 16.1 Å². The number of nitrogens with one attached hydrogen (secondary N) is 1. The molecule has 7 nitrogen and oxygen atoms in total. The van der Waals surface area contributed by atoms with Gasteiger partial charge in [-0.25, -0.2) is 4.98 Å². The van der Waals surface area contributed by atoms with Gasteiger partial charge >= 0.3 is 5.97 Å². The van der Waals surface area contributed by atoms with Gasteiger partial charge in [-0.3, -0.25) is 9.79 Å². The quantitative estimate of drug-likeness (QED) is 0.377. The zero-order valence-electron chi connectivity index (χ0n) is 16.6. The van der Waals surface area contributed by atoms with Gasteiger partial charge in [0, 0.05) is 33.2 Å². The highest BCUT2D eigenvalue weighted by Gasteiger charge is 2.36. The monoisotopic (exact) mass is 371 g/mol. The van der Waals surface area contributed by atoms with E-state index in [9.17, 15) is 4.79 Å². The Kier molecular flexibility index (Phi) is 5.98. The number of benzene rings is 1. The predicted octanol–water partition coefficient (Wildman–Crippen LogP) is 2.05. The largest absolute Gasteiger partial charge is 0.469 e. The molecule has 1 aliphatic rings. The smallest absolute Gasteiger partial charge is 0.310 e. The third kappa shape index (κ3) is 4.07. The molecule has 1 aromatic heterocycles. The molecule has 2 unspecified atom stereocenters. The minimum Gasteiger partial charge on any atom is -0.469 e. The number of likely N-dealkylation sites (tertiary alicyclic amines) is 1. The van der Waals surface area contributed by atoms with Crippen LogP contribution in [0.25, 0.3) is 11.0 Å². The minimum absolute atomic E-state index is 0.0893. The Balaban J connectivity index is 1.53. The van der Waals surface area contributed by atoms with Crippen molar-refractivity contribution in [1.82, 2.24) is 19.8 Å². The van der Waals surface area contributed by atoms with Crippen molar-refractivity contribution in [2.24, 2.45) is 16.8 Å². The molecule has 1 fully saturated rings. The van der Waals surface area contributed by atoms with Crippen LogP contribution < -0.4 is 5.32 Å². The Morgan fingerprint density at radius 2 is 2.15 bits per heavy atom. The summed E-state index contributed by atoms with van der Waals surface area (Å²) in [6, 6.07) is 8.22. The van der Waals surface area contributed by atoms with Crippen LogP contribution >= 0.6 is 0 Å². The van der Waals surface area contributed by atoms with E-state index >= 15 is 0 Å². The Bertz CT molecular complexity index is 829. The first kappa shape index (κ1) is 19.2. The van der Waals surface area contributed by atoms with Crippen LogP contribution in [0.4, 0.5) is 0 Å². The van der Waals surface area contributed by atoms with Gasteiger partial charge in [-0.15, -0.1) is 0 Å². The number of ether oxygens (including phenoxy) is 1. The Hall–Kier alpha value is -2.57. The molecule has 0 aliphatic carbocycles. The van der Waals surface area contributed by atoms with Crippen molar-refractivity contribution in [3.8, 4) is 0 Å². The van der Waals surface area contributed by atoms with Crippen molar-refractivity contribution >= 4 is 23.0 Å². The van der Waals surface area contributed by atoms with Crippen molar-refractivity contribution in [2.45, 2.75) is 26.8 Å². The lowest BCUT2D eigenvalue weighted by molar-refractivity contribution is -0.145. The Morgan fingerprint density at radius 1 is 1.37 bits per heavy atom. The molecule has 2 aromatic rings. The number of hydrogen-bond acceptors (Lipinski definition) is 4. The van der Waals surface area contributed by atoms with Gasteiger partial charge in [-0.05, 0) is 31.4 Å². The van der Waals surface area contributed by atoms with Gasteiger partial charge in [0.15, 0.2) is 5.96 Å². The number of carbonyl (C=O) groups is 1. The molecule has 0 saturated carbocycles. The summed E-state index contributed by atoms with van der Waals surface area (Å²) < 4.78 is 7.17. The third-order valence-corrected chi connectivity index (χ3v) is 5.31. The summed E-state index contributed by atoms with van der Waals surface area (Å²) >= 11 is 0. The van der Waals surface area contributed by atoms with E-state index in [-0.39, 0.29) is 17.8 Å². The number of rotatable bonds is 5. The van der Waals surface area contributed by atoms with Gasteiger partial charge in [0.25, 0.3) is 0 Å². The summed E-state index contributed by atoms with van der Waals surface area (Å²) in [5.74, 6) is 1.92. The van der Waals surface area contributed by atoms with Crippen LogP contribution in [0.3, 0.4) is 0 Å². The SMILES string of the molecule is CN=C(NCCCn1c(C)nc2ccccc21)N1CC(C)C(C(=O)OC)C1. The Labute approximate surface area is 160 Å². The van der Waals surface area contributed by atoms with Crippen molar-refractivity contribution in [2.75, 3.05) is 33.8 Å². The third-order valence-electron chi connectivity index (χ3n) is 5.31. The first-order valence-corrected chi connectivity index (χ1v) is 9.50. The van der Waals surface area contributed by atoms with Crippen LogP contribution in [0, 0.1) is 18.8 Å². The number of methoxy groups -OCH3 is 1. The minimum atomic E-state index is -0.136. The number of aliphatic imine (C=N–C) groups is 1. The molecule has 2 heterocycles. The van der Waals surface area contributed by atoms with Crippen LogP contribution in [0.1, 0.15) is 19.2 Å². The first-order valence-electron chi connectivity index (χ1n) is 9.50. The fourth-order valence-corrected chi connectivity index (χ4v) is 3.85. The maximum absolute atomic E-state index is 11.9. The van der Waals surface area contributed by atoms with E-state index in [4.69, 9.17) is 4.74 Å². The van der Waals surface area contributed by atoms with Crippen molar-refractivity contribution in [3.05, 3.63) is 30.1 Å². The lowest BCUT2D eigenvalue weighted by Gasteiger charge is -2.21. The summed E-state index contributed by atoms with van der Waals surface area (Å²) in [5.41, 5.74) is 2.22. The molecular weight excluding hydrogens is 342 g/mol. The van der Waals surface area contributed by atoms with Crippen LogP contribution in [-0.4, -0.2) is 60.2 Å². The van der Waals surface area contributed by atoms with Gasteiger partial charge in [0.05, 0.1) is 24.1 Å². The lowest BCUT2D eigenvalue weighted by Crippen LogP contribution is -2.41. The summed E-state index contributed by atoms with van der Waals surface area (Å²) in [6.07, 6.45) is 0.962. The van der Waals surface area contributed by atoms with Gasteiger partial charge < -0.3 is 19.5 Å². The van der Waals surface area contributed by atoms with Crippen LogP contribution in [0.2, 0.25) is 0 Å². The van der Waals surface area contributed by atoms with E-state index in [2.05, 4.69) is 37.8 Å². The molecule has 1 N–H and O–H groups in total. The van der Waals surface area contributed by atoms with E-state index in [0.717, 1.165) is 43.4 Å². The molecule has 1 aliphatic heterocycles. The van der Waals surface area contributed by atoms with Gasteiger partial charge in [0.2, 0.25) is 0 Å². The molecule has 146 valence electrons. The van der Waals surface area contributed by atoms with E-state index in [1.54, 1.807) is 7.05 Å². The molecule has 1 saturated heterocycles. The van der Waals surface area contributed by atoms with Gasteiger partial charge in [0.1, 0.15) is 5.82 Å². The molecule has 2 atom stereocenters. The number of fused-ring (bicyclic) bond motifs is 1. The van der Waals surface area contributed by atoms with Crippen molar-refractivity contribution in [1.29, 1.82) is 0 Å². The fourth-order valence-electron chi connectivity index (χ4n) is 3.85. The highest BCUT2D eigenvalue weighted by Crippen LogP contribution is 2.24. The molecule has 0 spiro atoms. The molecule has 0 amide bonds. The highest BCUT2D eigenvalue weighted by molar-refractivity contribution is 5.82. The van der Waals surface area contributed by atoms with E-state index in [1.807, 2.05) is 25.1 Å². The summed E-state index contributed by atoms with van der Waals surface area (Å²) in [6.45, 7) is 7.31. The second-order valence-electron chi connectivity index (χ2n) is 7.14. The number of guanidine groups is 1. The topological polar surface area (TPSA) is 71.8 Å². The maximum Gasteiger partial charge on any atom is 0.310 e. The molecule has 7 heteroatoms. The van der Waals surface area contributed by atoms with Crippen molar-refractivity contribution in [3.63, 3.8) is 0 Å². The molecule has 0 radical (unpaired) electrons. The number of hydrogen-bond donors (Lipinski definition) is 1. The summed E-state index contributed by atoms with van der Waals surface area (Å²) in [5, 5.41) is 3.43. The molecular formula is C20H29N5O2. The summed E-state index contributed by atoms with van der Waals surface area (Å²) in [4.78, 5) is 23.0. The second kappa shape index (κ2) is 8.41. The fraction of sp³-hybridized carbons (Fsp3) is 0.550. The molecule has 1 aromatic carbocycles. The van der Waals surface area contributed by atoms with E-state index < -0.39 is 0 Å². The van der Waals surface area contributed by atoms with Gasteiger partial charge in [-0.2, -0.15) is 0 Å². The number of aryl methyl sites for hydroxylation is 2. The van der Waals surface area contributed by atoms with E-state index in [1.165, 1.54) is 12.6 Å². The Morgan fingerprint density at radius 3 is 2.89 bits per heavy atom. The zero-order chi connectivity index (χ0) is 19.4. The maximum atomic E-state index is 11.9. The number of para-hydroxylation sites is 2. The van der Waals surface area contributed by atoms with E-state index in [0.29, 0.717) is 6.54 Å². The van der Waals surface area contributed by atoms with Crippen LogP contribution in [0.15, 0.2) is 29.3 Å². The van der Waals surface area contributed by atoms with Crippen LogP contribution in [0.5, 0.6) is 0 Å². The normalized spacial score (nSPS) is 20.3. The second-order valence-corrected chi connectivity index (χ2v) is 7.14. The molecule has 3 rings (SSSR count). The molecule has 0 bridgehead atoms. The molecule has 27 heavy (non-hydrogen) atoms. The number of nitrogens with zero attached hydrogens (tertiary/aromatic N) is 4. The van der Waals surface area contributed by atoms with Gasteiger partial charge in [-0.1, -0.05) is 19.1 Å². The zero-order valence-corrected chi connectivity index (χ0v) is 16.6. The highest BCUT2D eigenvalue weighted by atomic mass is 16.5. The average molecular weight is 371 g/mol. The van der Waals surface area contributed by atoms with Crippen molar-refractivity contribution < 1.29 is 9.53 Å². The average Bonchev–Trinajstić information content (AvgIpc) is 3.21. The lowest BCUT2D eigenvalue weighted by atomic mass is 9.99. The number of esters is 1. The number of aromatic nitrogens is 2. The predicted molar refractivity (Wildman–Crippen MR) is 107 cm³/mol. The number of imidazole rings is 1. The summed E-state index contributed by atoms with van der Waals surface area (Å²) in [7, 11) is 3.23.